The first-order valence-corrected chi connectivity index (χ1v) is 31.4. The molecule has 0 radical (unpaired) electrons. The Bertz CT molecular complexity index is 4280. The van der Waals surface area contributed by atoms with E-state index in [2.05, 4.69) is 96.7 Å². The SMILES string of the molecule is CCCCc1nc2cccc(C(=O)CC(CCCN=C(N)N)C(=O)OCCCCO[N+](=O)[O-])c2n1Cc1ccc(-c2ccccc2-c2nn[nH]n2)cc1.Cc1nc2cccc(C(=O)CCC(=O)OCCCCO[N+](=O)[O-])c2n1Cc1ccc(-c2ccccc2-c2nn[nH]n2)cc1. The van der Waals surface area contributed by atoms with Crippen molar-refractivity contribution in [1.29, 1.82) is 0 Å². The minimum Gasteiger partial charge on any atom is -0.466 e. The summed E-state index contributed by atoms with van der Waals surface area (Å²) in [4.78, 5) is 95.6. The van der Waals surface area contributed by atoms with E-state index in [-0.39, 0.29) is 63.2 Å². The van der Waals surface area contributed by atoms with Crippen molar-refractivity contribution < 1.29 is 48.5 Å². The number of ether oxygens (including phenoxy) is 2. The predicted octanol–water partition coefficient (Wildman–Crippen LogP) is 9.78. The molecule has 4 aromatic heterocycles. The number of para-hydroxylation sites is 2. The Morgan fingerprint density at radius 3 is 1.62 bits per heavy atom. The summed E-state index contributed by atoms with van der Waals surface area (Å²) in [5.41, 5.74) is 22.5. The predicted molar refractivity (Wildman–Crippen MR) is 353 cm³/mol. The number of carbonyl (C=O) groups excluding carboxylic acids is 4. The van der Waals surface area contributed by atoms with Gasteiger partial charge in [0, 0.05) is 61.2 Å². The van der Waals surface area contributed by atoms with Crippen LogP contribution in [0, 0.1) is 33.1 Å². The molecule has 4 heterocycles. The van der Waals surface area contributed by atoms with Crippen molar-refractivity contribution in [3.63, 3.8) is 0 Å². The van der Waals surface area contributed by atoms with Gasteiger partial charge in [0.2, 0.25) is 11.6 Å². The number of Topliss-reactive ketones (excluding diaryl/α,β-unsaturated/α-hetero) is 2. The van der Waals surface area contributed by atoms with Crippen LogP contribution in [0.15, 0.2) is 138 Å². The van der Waals surface area contributed by atoms with Crippen LogP contribution in [0.3, 0.4) is 0 Å². The van der Waals surface area contributed by atoms with Crippen LogP contribution in [0.5, 0.6) is 0 Å². The maximum Gasteiger partial charge on any atom is 0.309 e. The molecule has 1 unspecified atom stereocenters. The number of fused-ring (bicyclic) bond motifs is 2. The smallest absolute Gasteiger partial charge is 0.309 e. The number of H-pyrrole nitrogens is 2. The maximum atomic E-state index is 14.1. The first kappa shape index (κ1) is 68.7. The van der Waals surface area contributed by atoms with E-state index in [1.807, 2.05) is 102 Å². The quantitative estimate of drug-likeness (QED) is 0.00545. The van der Waals surface area contributed by atoms with Crippen LogP contribution in [-0.2, 0) is 48.2 Å². The largest absolute Gasteiger partial charge is 0.466 e. The third-order valence-corrected chi connectivity index (χ3v) is 15.7. The van der Waals surface area contributed by atoms with Crippen LogP contribution in [0.1, 0.15) is 121 Å². The molecule has 1 atom stereocenters. The molecule has 498 valence electrons. The highest BCUT2D eigenvalue weighted by Crippen LogP contribution is 2.33. The van der Waals surface area contributed by atoms with Gasteiger partial charge in [0.15, 0.2) is 17.5 Å². The number of hydrogen-bond donors (Lipinski definition) is 4. The lowest BCUT2D eigenvalue weighted by Crippen LogP contribution is -2.24. The first-order valence-electron chi connectivity index (χ1n) is 31.4. The van der Waals surface area contributed by atoms with Gasteiger partial charge in [-0.15, -0.1) is 40.6 Å². The number of aliphatic imine (C=N–C) groups is 1. The zero-order chi connectivity index (χ0) is 67.8. The molecule has 0 spiro atoms. The Kier molecular flexibility index (Phi) is 24.6. The lowest BCUT2D eigenvalue weighted by molar-refractivity contribution is -0.757. The molecule has 0 bridgehead atoms. The number of guanidine groups is 1. The maximum absolute atomic E-state index is 14.1. The number of tetrazole rings is 2. The number of benzene rings is 6. The van der Waals surface area contributed by atoms with Crippen molar-refractivity contribution in [2.75, 3.05) is 33.0 Å². The van der Waals surface area contributed by atoms with Gasteiger partial charge in [-0.2, -0.15) is 10.4 Å². The molecule has 0 fully saturated rings. The molecular formula is C67H73N17O12. The summed E-state index contributed by atoms with van der Waals surface area (Å²) in [5, 5.41) is 47.8. The Hall–Kier alpha value is -11.7. The number of esters is 2. The number of rotatable bonds is 35. The van der Waals surface area contributed by atoms with Gasteiger partial charge in [-0.1, -0.05) is 123 Å². The van der Waals surface area contributed by atoms with Gasteiger partial charge in [0.05, 0.1) is 60.8 Å². The van der Waals surface area contributed by atoms with E-state index in [0.29, 0.717) is 97.5 Å². The van der Waals surface area contributed by atoms with Gasteiger partial charge >= 0.3 is 11.9 Å². The number of aromatic amines is 2. The lowest BCUT2D eigenvalue weighted by atomic mass is 9.93. The first-order chi connectivity index (χ1) is 46.6. The standard InChI is InChI=1S/C37H44N10O6.C30H29N7O6/c1-2-3-15-33-41-31-14-8-13-30(32(48)23-27(10-9-20-40-37(38)39)36(49)52-21-6-7-22-53-47(50)51)34(31)46(33)24-25-16-18-26(19-17-25)28-11-4-5-12-29(28)35-42-44-45-43-35;1-20-31-26-10-6-9-25(27(38)15-16-28(39)42-17-4-5-18-43-37(40)41)29(26)36(20)19-21-11-13-22(14-12-21)23-7-2-3-8-24(23)30-32-34-35-33-30/h4-5,8,11-14,16-19,27H,2-3,6-7,9-10,15,20-24H2,1H3,(H4,38,39,40)(H,42,43,44,45);2-3,6-14H,4-5,15-19H2,1H3,(H,32,33,34,35). The molecule has 6 N–H and O–H groups in total. The molecule has 96 heavy (non-hydrogen) atoms. The van der Waals surface area contributed by atoms with Crippen LogP contribution < -0.4 is 11.5 Å². The van der Waals surface area contributed by atoms with E-state index in [0.717, 1.165) is 80.9 Å². The Balaban J connectivity index is 0.000000230. The molecule has 29 nitrogen and oxygen atoms in total. The summed E-state index contributed by atoms with van der Waals surface area (Å²) in [6, 6.07) is 43.0. The number of imidazole rings is 2. The lowest BCUT2D eigenvalue weighted by Gasteiger charge is -2.17. The zero-order valence-corrected chi connectivity index (χ0v) is 53.1. The van der Waals surface area contributed by atoms with Crippen LogP contribution in [0.25, 0.3) is 67.1 Å². The minimum atomic E-state index is -0.861. The summed E-state index contributed by atoms with van der Waals surface area (Å²) in [6.45, 7) is 5.31. The van der Waals surface area contributed by atoms with E-state index in [4.69, 9.17) is 25.9 Å². The second-order valence-electron chi connectivity index (χ2n) is 22.4. The average Bonchev–Trinajstić information content (AvgIpc) is 1.62. The van der Waals surface area contributed by atoms with E-state index in [9.17, 15) is 39.4 Å². The molecule has 0 saturated heterocycles. The topological polar surface area (TPSA) is 400 Å². The van der Waals surface area contributed by atoms with Crippen LogP contribution >= 0.6 is 0 Å². The number of carbonyl (C=O) groups is 4. The summed E-state index contributed by atoms with van der Waals surface area (Å²) in [6.07, 6.45) is 4.79. The van der Waals surface area contributed by atoms with Crippen molar-refractivity contribution in [3.05, 3.63) is 188 Å². The fraction of sp³-hybridized carbons (Fsp3) is 0.328. The normalized spacial score (nSPS) is 11.4. The highest BCUT2D eigenvalue weighted by molar-refractivity contribution is 6.08. The fourth-order valence-corrected chi connectivity index (χ4v) is 11.0. The molecule has 0 amide bonds. The van der Waals surface area contributed by atoms with E-state index < -0.39 is 28.0 Å². The number of ketones is 2. The van der Waals surface area contributed by atoms with Crippen LogP contribution in [0.4, 0.5) is 0 Å². The van der Waals surface area contributed by atoms with Gasteiger partial charge < -0.3 is 39.8 Å². The summed E-state index contributed by atoms with van der Waals surface area (Å²) >= 11 is 0. The van der Waals surface area contributed by atoms with Crippen molar-refractivity contribution in [2.45, 2.75) is 104 Å². The Labute approximate surface area is 550 Å². The monoisotopic (exact) mass is 1310 g/mol. The summed E-state index contributed by atoms with van der Waals surface area (Å²) in [5.74, 6) is 0.449. The number of nitrogens with two attached hydrogens (primary N) is 2. The highest BCUT2D eigenvalue weighted by atomic mass is 17.0. The van der Waals surface area contributed by atoms with E-state index in [1.54, 1.807) is 18.2 Å². The number of aromatic nitrogens is 12. The van der Waals surface area contributed by atoms with Crippen molar-refractivity contribution in [3.8, 4) is 45.0 Å². The molecular weight excluding hydrogens is 1230 g/mol. The van der Waals surface area contributed by atoms with Gasteiger partial charge in [0.1, 0.15) is 11.6 Å². The molecule has 10 rings (SSSR count). The van der Waals surface area contributed by atoms with Gasteiger partial charge in [-0.25, -0.2) is 9.97 Å². The molecule has 29 heteroatoms. The number of nitrogens with one attached hydrogen (secondary N) is 2. The fourth-order valence-electron chi connectivity index (χ4n) is 11.0. The molecule has 6 aromatic carbocycles. The summed E-state index contributed by atoms with van der Waals surface area (Å²) in [7, 11) is 0. The third-order valence-electron chi connectivity index (χ3n) is 15.7. The number of nitrogens with zero attached hydrogens (tertiary/aromatic N) is 13. The van der Waals surface area contributed by atoms with Crippen molar-refractivity contribution >= 4 is 51.5 Å². The molecule has 0 saturated carbocycles. The minimum absolute atomic E-state index is 0.0128. The Morgan fingerprint density at radius 1 is 0.583 bits per heavy atom. The number of aryl methyl sites for hydroxylation is 2. The van der Waals surface area contributed by atoms with Crippen molar-refractivity contribution in [2.24, 2.45) is 22.4 Å². The van der Waals surface area contributed by atoms with E-state index >= 15 is 0 Å². The zero-order valence-electron chi connectivity index (χ0n) is 53.1. The number of hydrogen-bond acceptors (Lipinski definition) is 21. The second kappa shape index (κ2) is 34.3. The van der Waals surface area contributed by atoms with Gasteiger partial charge in [0.25, 0.3) is 10.2 Å². The molecule has 0 aliphatic rings. The molecule has 0 aliphatic heterocycles. The van der Waals surface area contributed by atoms with Crippen molar-refractivity contribution in [1.82, 2.24) is 60.4 Å². The number of unbranched alkanes of at least 4 members (excludes halogenated alkanes) is 3. The van der Waals surface area contributed by atoms with Crippen LogP contribution in [-0.4, -0.2) is 133 Å². The second-order valence-corrected chi connectivity index (χ2v) is 22.4. The summed E-state index contributed by atoms with van der Waals surface area (Å²) < 4.78 is 14.8. The molecule has 10 aromatic rings. The third kappa shape index (κ3) is 18.8. The molecule has 0 aliphatic carbocycles. The van der Waals surface area contributed by atoms with Crippen LogP contribution in [0.2, 0.25) is 0 Å². The average molecular weight is 1310 g/mol. The van der Waals surface area contributed by atoms with Gasteiger partial charge in [-0.05, 0) is 120 Å². The Morgan fingerprint density at radius 2 is 1.09 bits per heavy atom. The highest BCUT2D eigenvalue weighted by Gasteiger charge is 2.27. The van der Waals surface area contributed by atoms with E-state index in [1.165, 1.54) is 0 Å². The van der Waals surface area contributed by atoms with Gasteiger partial charge in [-0.3, -0.25) is 24.2 Å².